The Bertz CT molecular complexity index is 769. The number of carbonyl (C=O) groups is 1. The van der Waals surface area contributed by atoms with Gasteiger partial charge in [-0.25, -0.2) is 18.7 Å². The minimum Gasteiger partial charge on any atom is -0.491 e. The lowest BCUT2D eigenvalue weighted by Crippen LogP contribution is -2.38. The van der Waals surface area contributed by atoms with E-state index in [0.717, 1.165) is 43.0 Å². The van der Waals surface area contributed by atoms with Crippen molar-refractivity contribution in [2.45, 2.75) is 42.1 Å². The summed E-state index contributed by atoms with van der Waals surface area (Å²) in [6.45, 7) is 0. The van der Waals surface area contributed by atoms with Crippen LogP contribution in [0, 0.1) is 11.6 Å². The summed E-state index contributed by atoms with van der Waals surface area (Å²) in [7, 11) is 1.17. The number of benzene rings is 1. The van der Waals surface area contributed by atoms with Crippen molar-refractivity contribution in [3.05, 3.63) is 47.8 Å². The third-order valence-corrected chi connectivity index (χ3v) is 5.55. The number of thioether (sulfide) groups is 1. The molecule has 5 nitrogen and oxygen atoms in total. The van der Waals surface area contributed by atoms with E-state index < -0.39 is 23.3 Å². The van der Waals surface area contributed by atoms with Crippen LogP contribution in [0.1, 0.15) is 36.0 Å². The fraction of sp³-hybridized carbons (Fsp3) is 0.389. The molecular formula is C18H19F2N3O2S. The molecule has 1 saturated carbocycles. The van der Waals surface area contributed by atoms with E-state index in [1.807, 2.05) is 0 Å². The molecule has 1 aromatic heterocycles. The fourth-order valence-corrected chi connectivity index (χ4v) is 4.03. The number of hydrogen-bond acceptors (Lipinski definition) is 5. The molecule has 1 aromatic carbocycles. The number of nitrogens with one attached hydrogen (secondary N) is 1. The molecule has 2 aromatic rings. The highest BCUT2D eigenvalue weighted by molar-refractivity contribution is 7.99. The first-order valence-corrected chi connectivity index (χ1v) is 9.23. The van der Waals surface area contributed by atoms with Crippen LogP contribution in [0.5, 0.6) is 5.75 Å². The number of carbonyl (C=O) groups excluding carboxylic acids is 1. The zero-order valence-electron chi connectivity index (χ0n) is 14.2. The van der Waals surface area contributed by atoms with Crippen LogP contribution < -0.4 is 10.1 Å². The van der Waals surface area contributed by atoms with Gasteiger partial charge in [0.05, 0.1) is 12.7 Å². The van der Waals surface area contributed by atoms with Crippen molar-refractivity contribution in [3.8, 4) is 5.75 Å². The van der Waals surface area contributed by atoms with Crippen LogP contribution in [-0.2, 0) is 0 Å². The van der Waals surface area contributed by atoms with Crippen molar-refractivity contribution in [2.75, 3.05) is 7.11 Å². The Morgan fingerprint density at radius 3 is 2.54 bits per heavy atom. The number of amides is 1. The molecule has 0 unspecified atom stereocenters. The van der Waals surface area contributed by atoms with Gasteiger partial charge in [0.2, 0.25) is 0 Å². The number of methoxy groups -OCH3 is 1. The topological polar surface area (TPSA) is 64.1 Å². The molecule has 0 saturated heterocycles. The highest BCUT2D eigenvalue weighted by Gasteiger charge is 2.26. The summed E-state index contributed by atoms with van der Waals surface area (Å²) in [5.41, 5.74) is -0.211. The van der Waals surface area contributed by atoms with Crippen LogP contribution in [0.2, 0.25) is 0 Å². The molecule has 0 bridgehead atoms. The van der Waals surface area contributed by atoms with Crippen LogP contribution in [-0.4, -0.2) is 34.3 Å². The summed E-state index contributed by atoms with van der Waals surface area (Å²) in [6.07, 6.45) is 6.82. The van der Waals surface area contributed by atoms with E-state index in [4.69, 9.17) is 0 Å². The second-order valence-electron chi connectivity index (χ2n) is 6.04. The van der Waals surface area contributed by atoms with Crippen molar-refractivity contribution >= 4 is 17.7 Å². The monoisotopic (exact) mass is 379 g/mol. The van der Waals surface area contributed by atoms with Crippen LogP contribution in [0.25, 0.3) is 0 Å². The molecule has 1 fully saturated rings. The summed E-state index contributed by atoms with van der Waals surface area (Å²) >= 11 is 1.64. The summed E-state index contributed by atoms with van der Waals surface area (Å²) in [5.74, 6) is -2.90. The van der Waals surface area contributed by atoms with Crippen LogP contribution in [0.3, 0.4) is 0 Å². The molecule has 0 spiro atoms. The van der Waals surface area contributed by atoms with Gasteiger partial charge in [-0.3, -0.25) is 4.79 Å². The predicted molar refractivity (Wildman–Crippen MR) is 94.3 cm³/mol. The Labute approximate surface area is 154 Å². The highest BCUT2D eigenvalue weighted by atomic mass is 32.2. The molecule has 0 atom stereocenters. The smallest absolute Gasteiger partial charge is 0.254 e. The zero-order chi connectivity index (χ0) is 18.5. The normalized spacial score (nSPS) is 19.8. The van der Waals surface area contributed by atoms with E-state index in [9.17, 15) is 13.6 Å². The SMILES string of the molecule is COc1c(F)ccc(C(=O)NC2CCC(Sc3ncccn3)CC2)c1F. The van der Waals surface area contributed by atoms with Gasteiger partial charge in [0.1, 0.15) is 0 Å². The van der Waals surface area contributed by atoms with Crippen molar-refractivity contribution in [1.29, 1.82) is 0 Å². The number of hydrogen-bond donors (Lipinski definition) is 1. The minimum atomic E-state index is -0.976. The number of rotatable bonds is 5. The molecule has 1 amide bonds. The van der Waals surface area contributed by atoms with E-state index in [0.29, 0.717) is 5.25 Å². The largest absolute Gasteiger partial charge is 0.491 e. The van der Waals surface area contributed by atoms with Gasteiger partial charge in [-0.05, 0) is 43.9 Å². The third-order valence-electron chi connectivity index (χ3n) is 4.32. The lowest BCUT2D eigenvalue weighted by Gasteiger charge is -2.28. The molecule has 3 rings (SSSR count). The number of halogens is 2. The first-order chi connectivity index (χ1) is 12.6. The summed E-state index contributed by atoms with van der Waals surface area (Å²) in [5, 5.41) is 3.98. The standard InChI is InChI=1S/C18H19F2N3O2S/c1-25-16-14(19)8-7-13(15(16)20)17(24)23-11-3-5-12(6-4-11)26-18-21-9-2-10-22-18/h2,7-12H,3-6H2,1H3,(H,23,24). The first-order valence-electron chi connectivity index (χ1n) is 8.35. The molecular weight excluding hydrogens is 360 g/mol. The van der Waals surface area contributed by atoms with E-state index in [1.54, 1.807) is 30.2 Å². The second-order valence-corrected chi connectivity index (χ2v) is 7.31. The van der Waals surface area contributed by atoms with Crippen molar-refractivity contribution in [3.63, 3.8) is 0 Å². The number of aromatic nitrogens is 2. The predicted octanol–water partition coefficient (Wildman–Crippen LogP) is 3.60. The van der Waals surface area contributed by atoms with Crippen LogP contribution in [0.4, 0.5) is 8.78 Å². The van der Waals surface area contributed by atoms with Gasteiger partial charge in [0.25, 0.3) is 5.91 Å². The van der Waals surface area contributed by atoms with E-state index in [2.05, 4.69) is 20.0 Å². The zero-order valence-corrected chi connectivity index (χ0v) is 15.1. The fourth-order valence-electron chi connectivity index (χ4n) is 2.98. The molecule has 1 N–H and O–H groups in total. The highest BCUT2D eigenvalue weighted by Crippen LogP contribution is 2.32. The average molecular weight is 379 g/mol. The van der Waals surface area contributed by atoms with Crippen molar-refractivity contribution in [1.82, 2.24) is 15.3 Å². The minimum absolute atomic E-state index is 0.0357. The Morgan fingerprint density at radius 1 is 1.19 bits per heavy atom. The Hall–Kier alpha value is -2.22. The molecule has 1 aliphatic carbocycles. The van der Waals surface area contributed by atoms with Gasteiger partial charge < -0.3 is 10.1 Å². The maximum atomic E-state index is 14.2. The maximum Gasteiger partial charge on any atom is 0.254 e. The molecule has 1 heterocycles. The summed E-state index contributed by atoms with van der Waals surface area (Å²) in [4.78, 5) is 20.8. The second kappa shape index (κ2) is 8.44. The van der Waals surface area contributed by atoms with Crippen molar-refractivity contribution < 1.29 is 18.3 Å². The van der Waals surface area contributed by atoms with Crippen LogP contribution in [0.15, 0.2) is 35.7 Å². The Kier molecular flexibility index (Phi) is 6.03. The molecule has 1 aliphatic rings. The Morgan fingerprint density at radius 2 is 1.88 bits per heavy atom. The molecule has 0 radical (unpaired) electrons. The molecule has 0 aliphatic heterocycles. The van der Waals surface area contributed by atoms with Crippen molar-refractivity contribution in [2.24, 2.45) is 0 Å². The molecule has 8 heteroatoms. The van der Waals surface area contributed by atoms with Gasteiger partial charge in [0.15, 0.2) is 22.5 Å². The molecule has 26 heavy (non-hydrogen) atoms. The molecule has 138 valence electrons. The first kappa shape index (κ1) is 18.6. The summed E-state index contributed by atoms with van der Waals surface area (Å²) in [6, 6.07) is 3.91. The van der Waals surface area contributed by atoms with Crippen LogP contribution >= 0.6 is 11.8 Å². The van der Waals surface area contributed by atoms with E-state index >= 15 is 0 Å². The Balaban J connectivity index is 1.55. The number of nitrogens with zero attached hydrogens (tertiary/aromatic N) is 2. The van der Waals surface area contributed by atoms with Gasteiger partial charge in [-0.15, -0.1) is 0 Å². The lowest BCUT2D eigenvalue weighted by atomic mass is 9.94. The quantitative estimate of drug-likeness (QED) is 0.805. The van der Waals surface area contributed by atoms with E-state index in [-0.39, 0.29) is 11.6 Å². The lowest BCUT2D eigenvalue weighted by molar-refractivity contribution is 0.0923. The van der Waals surface area contributed by atoms with Gasteiger partial charge >= 0.3 is 0 Å². The summed E-state index contributed by atoms with van der Waals surface area (Å²) < 4.78 is 32.3. The van der Waals surface area contributed by atoms with Gasteiger partial charge in [-0.2, -0.15) is 0 Å². The number of ether oxygens (including phenoxy) is 1. The maximum absolute atomic E-state index is 14.2. The average Bonchev–Trinajstić information content (AvgIpc) is 2.64. The third kappa shape index (κ3) is 4.30. The van der Waals surface area contributed by atoms with Gasteiger partial charge in [-0.1, -0.05) is 11.8 Å². The van der Waals surface area contributed by atoms with E-state index in [1.165, 1.54) is 7.11 Å². The van der Waals surface area contributed by atoms with Gasteiger partial charge in [0, 0.05) is 23.7 Å².